The average Bonchev–Trinajstić information content (AvgIpc) is 2.31. The van der Waals surface area contributed by atoms with E-state index in [1.165, 1.54) is 0 Å². The lowest BCUT2D eigenvalue weighted by atomic mass is 10.1. The Morgan fingerprint density at radius 3 is 2.47 bits per heavy atom. The fourth-order valence-electron chi connectivity index (χ4n) is 1.04. The highest BCUT2D eigenvalue weighted by Gasteiger charge is 2.09. The Labute approximate surface area is 104 Å². The zero-order chi connectivity index (χ0) is 13.3. The molecule has 3 N–H and O–H groups in total. The highest BCUT2D eigenvalue weighted by atomic mass is 16.5. The summed E-state index contributed by atoms with van der Waals surface area (Å²) in [4.78, 5) is 0. The zero-order valence-corrected chi connectivity index (χ0v) is 11.3. The van der Waals surface area contributed by atoms with Gasteiger partial charge in [-0.2, -0.15) is 0 Å². The molecule has 0 rings (SSSR count). The van der Waals surface area contributed by atoms with Crippen LogP contribution in [0.1, 0.15) is 27.7 Å². The number of aliphatic hydroxyl groups is 1. The van der Waals surface area contributed by atoms with Gasteiger partial charge in [0, 0.05) is 12.6 Å². The molecule has 0 radical (unpaired) electrons. The first-order chi connectivity index (χ1) is 8.01. The molecule has 100 valence electrons. The maximum Gasteiger partial charge on any atom is 0.118 e. The van der Waals surface area contributed by atoms with E-state index in [4.69, 9.17) is 15.2 Å². The van der Waals surface area contributed by atoms with Gasteiger partial charge in [-0.05, 0) is 25.8 Å². The summed E-state index contributed by atoms with van der Waals surface area (Å²) in [6, 6.07) is 0. The number of nitrogens with two attached hydrogens (primary N) is 1. The minimum absolute atomic E-state index is 0.187. The Hall–Kier alpha value is -1.00. The summed E-state index contributed by atoms with van der Waals surface area (Å²) in [5.41, 5.74) is 5.34. The van der Waals surface area contributed by atoms with Gasteiger partial charge < -0.3 is 20.3 Å². The monoisotopic (exact) mass is 243 g/mol. The largest absolute Gasteiger partial charge is 0.497 e. The van der Waals surface area contributed by atoms with Crippen LogP contribution in [0.15, 0.2) is 23.7 Å². The van der Waals surface area contributed by atoms with Gasteiger partial charge in [0.2, 0.25) is 0 Å². The molecule has 0 amide bonds. The van der Waals surface area contributed by atoms with Crippen LogP contribution in [0.25, 0.3) is 0 Å². The topological polar surface area (TPSA) is 64.7 Å². The molecule has 0 aliphatic rings. The van der Waals surface area contributed by atoms with Crippen LogP contribution in [-0.4, -0.2) is 31.0 Å². The second-order valence-corrected chi connectivity index (χ2v) is 4.21. The first-order valence-electron chi connectivity index (χ1n) is 5.99. The van der Waals surface area contributed by atoms with Gasteiger partial charge in [0.15, 0.2) is 0 Å². The highest BCUT2D eigenvalue weighted by Crippen LogP contribution is 2.09. The second kappa shape index (κ2) is 9.07. The third kappa shape index (κ3) is 7.82. The lowest BCUT2D eigenvalue weighted by Gasteiger charge is -2.16. The average molecular weight is 243 g/mol. The Morgan fingerprint density at radius 1 is 1.35 bits per heavy atom. The fraction of sp³-hybridized carbons (Fsp3) is 0.692. The van der Waals surface area contributed by atoms with Crippen molar-refractivity contribution in [1.29, 1.82) is 0 Å². The molecule has 0 saturated heterocycles. The van der Waals surface area contributed by atoms with Crippen LogP contribution in [-0.2, 0) is 9.47 Å². The Balaban J connectivity index is 4.17. The zero-order valence-electron chi connectivity index (χ0n) is 11.3. The van der Waals surface area contributed by atoms with Crippen LogP contribution in [0.4, 0.5) is 0 Å². The van der Waals surface area contributed by atoms with Crippen molar-refractivity contribution in [2.24, 2.45) is 11.7 Å². The molecule has 17 heavy (non-hydrogen) atoms. The number of allylic oxidation sites excluding steroid dienone is 3. The number of hydrogen-bond acceptors (Lipinski definition) is 4. The van der Waals surface area contributed by atoms with E-state index in [1.807, 2.05) is 33.8 Å². The van der Waals surface area contributed by atoms with Gasteiger partial charge in [0.25, 0.3) is 0 Å². The van der Waals surface area contributed by atoms with Gasteiger partial charge in [-0.15, -0.1) is 0 Å². The van der Waals surface area contributed by atoms with Gasteiger partial charge in [0.1, 0.15) is 12.4 Å². The predicted octanol–water partition coefficient (Wildman–Crippen LogP) is 1.80. The summed E-state index contributed by atoms with van der Waals surface area (Å²) in [7, 11) is 0. The summed E-state index contributed by atoms with van der Waals surface area (Å²) < 4.78 is 10.8. The lowest BCUT2D eigenvalue weighted by molar-refractivity contribution is 0.0440. The van der Waals surface area contributed by atoms with Crippen LogP contribution < -0.4 is 5.73 Å². The molecular weight excluding hydrogens is 218 g/mol. The fourth-order valence-corrected chi connectivity index (χ4v) is 1.04. The number of hydrogen-bond donors (Lipinski definition) is 2. The van der Waals surface area contributed by atoms with Crippen molar-refractivity contribution in [2.45, 2.75) is 33.8 Å². The first-order valence-corrected chi connectivity index (χ1v) is 5.99. The van der Waals surface area contributed by atoms with E-state index in [1.54, 1.807) is 6.08 Å². The predicted molar refractivity (Wildman–Crippen MR) is 69.3 cm³/mol. The smallest absolute Gasteiger partial charge is 0.118 e. The maximum absolute atomic E-state index is 9.63. The third-order valence-electron chi connectivity index (χ3n) is 2.27. The number of ether oxygens (including phenoxy) is 2. The van der Waals surface area contributed by atoms with Gasteiger partial charge in [-0.3, -0.25) is 0 Å². The molecule has 4 nitrogen and oxygen atoms in total. The van der Waals surface area contributed by atoms with Crippen LogP contribution in [0.5, 0.6) is 0 Å². The molecule has 1 atom stereocenters. The maximum atomic E-state index is 9.63. The molecule has 4 heteroatoms. The molecule has 0 aromatic carbocycles. The standard InChI is InChI=1S/C13H25NO3/c1-5-12(8-11(4)16-7-6-14)17-9-13(15)10(2)3/h5,8,10,13,15H,6-7,9,14H2,1-4H3/b11-8+,12-5+. The van der Waals surface area contributed by atoms with Crippen molar-refractivity contribution in [1.82, 2.24) is 0 Å². The summed E-state index contributed by atoms with van der Waals surface area (Å²) in [6.45, 7) is 8.91. The molecular formula is C13H25NO3. The third-order valence-corrected chi connectivity index (χ3v) is 2.27. The van der Waals surface area contributed by atoms with E-state index in [0.29, 0.717) is 18.9 Å². The summed E-state index contributed by atoms with van der Waals surface area (Å²) >= 11 is 0. The molecule has 1 unspecified atom stereocenters. The van der Waals surface area contributed by atoms with Crippen LogP contribution in [0, 0.1) is 5.92 Å². The van der Waals surface area contributed by atoms with Crippen LogP contribution in [0.2, 0.25) is 0 Å². The molecule has 0 fully saturated rings. The molecule has 0 heterocycles. The Kier molecular flexibility index (Phi) is 8.54. The lowest BCUT2D eigenvalue weighted by Crippen LogP contribution is -2.21. The molecule has 0 aliphatic carbocycles. The Morgan fingerprint density at radius 2 is 2.00 bits per heavy atom. The van der Waals surface area contributed by atoms with Crippen LogP contribution >= 0.6 is 0 Å². The molecule has 0 aliphatic heterocycles. The minimum atomic E-state index is -0.455. The van der Waals surface area contributed by atoms with Crippen molar-refractivity contribution in [3.8, 4) is 0 Å². The van der Waals surface area contributed by atoms with Gasteiger partial charge in [0.05, 0.1) is 18.5 Å². The van der Waals surface area contributed by atoms with Crippen molar-refractivity contribution in [3.63, 3.8) is 0 Å². The Bertz CT molecular complexity index is 259. The molecule has 0 aromatic rings. The van der Waals surface area contributed by atoms with E-state index < -0.39 is 6.10 Å². The number of aliphatic hydroxyl groups excluding tert-OH is 1. The van der Waals surface area contributed by atoms with E-state index in [-0.39, 0.29) is 12.5 Å². The van der Waals surface area contributed by atoms with Crippen molar-refractivity contribution >= 4 is 0 Å². The van der Waals surface area contributed by atoms with E-state index >= 15 is 0 Å². The van der Waals surface area contributed by atoms with Gasteiger partial charge in [-0.1, -0.05) is 13.8 Å². The summed E-state index contributed by atoms with van der Waals surface area (Å²) in [6.07, 6.45) is 3.18. The molecule has 0 aromatic heterocycles. The number of rotatable bonds is 8. The van der Waals surface area contributed by atoms with Crippen molar-refractivity contribution in [2.75, 3.05) is 19.8 Å². The normalized spacial score (nSPS) is 15.0. The SMILES string of the molecule is C/C=C(\C=C(/C)OCCN)OCC(O)C(C)C. The van der Waals surface area contributed by atoms with Crippen molar-refractivity contribution in [3.05, 3.63) is 23.7 Å². The van der Waals surface area contributed by atoms with Gasteiger partial charge in [-0.25, -0.2) is 0 Å². The minimum Gasteiger partial charge on any atom is -0.497 e. The first kappa shape index (κ1) is 16.0. The van der Waals surface area contributed by atoms with Gasteiger partial charge >= 0.3 is 0 Å². The summed E-state index contributed by atoms with van der Waals surface area (Å²) in [5, 5.41) is 9.63. The summed E-state index contributed by atoms with van der Waals surface area (Å²) in [5.74, 6) is 1.63. The van der Waals surface area contributed by atoms with Crippen LogP contribution in [0.3, 0.4) is 0 Å². The molecule has 0 saturated carbocycles. The van der Waals surface area contributed by atoms with E-state index in [0.717, 1.165) is 5.76 Å². The van der Waals surface area contributed by atoms with E-state index in [9.17, 15) is 5.11 Å². The second-order valence-electron chi connectivity index (χ2n) is 4.21. The van der Waals surface area contributed by atoms with Crippen molar-refractivity contribution < 1.29 is 14.6 Å². The highest BCUT2D eigenvalue weighted by molar-refractivity contribution is 5.13. The quantitative estimate of drug-likeness (QED) is 0.504. The van der Waals surface area contributed by atoms with E-state index in [2.05, 4.69) is 0 Å². The molecule has 0 spiro atoms. The molecule has 0 bridgehead atoms.